The molecule has 0 aromatic heterocycles. The quantitative estimate of drug-likeness (QED) is 0.128. The van der Waals surface area contributed by atoms with Gasteiger partial charge in [-0.15, -0.1) is 0 Å². The summed E-state index contributed by atoms with van der Waals surface area (Å²) in [4.78, 5) is 38.9. The van der Waals surface area contributed by atoms with E-state index in [-0.39, 0.29) is 43.6 Å². The normalized spacial score (nSPS) is 24.7. The lowest BCUT2D eigenvalue weighted by atomic mass is 9.58. The van der Waals surface area contributed by atoms with Crippen LogP contribution in [0.4, 0.5) is 0 Å². The minimum atomic E-state index is -1.07. The van der Waals surface area contributed by atoms with E-state index in [1.807, 2.05) is 26.0 Å². The minimum Gasteiger partial charge on any atom is -0.507 e. The van der Waals surface area contributed by atoms with Crippen molar-refractivity contribution in [2.24, 2.45) is 17.8 Å². The number of phenols is 1. The molecule has 2 heterocycles. The minimum absolute atomic E-state index is 0.0603. The van der Waals surface area contributed by atoms with Crippen molar-refractivity contribution in [2.45, 2.75) is 84.6 Å². The molecule has 0 saturated carbocycles. The third kappa shape index (κ3) is 6.76. The van der Waals surface area contributed by atoms with Gasteiger partial charge in [-0.2, -0.15) is 0 Å². The van der Waals surface area contributed by atoms with E-state index in [0.29, 0.717) is 44.3 Å². The van der Waals surface area contributed by atoms with Crippen molar-refractivity contribution in [3.05, 3.63) is 45.5 Å². The number of carbonyl (C=O) groups excluding carboxylic acids is 2. The molecule has 0 spiro atoms. The highest BCUT2D eigenvalue weighted by Crippen LogP contribution is 2.50. The van der Waals surface area contributed by atoms with E-state index in [1.165, 1.54) is 10.5 Å². The van der Waals surface area contributed by atoms with Crippen LogP contribution >= 0.6 is 0 Å². The van der Waals surface area contributed by atoms with Gasteiger partial charge >= 0.3 is 13.1 Å². The first-order chi connectivity index (χ1) is 19.5. The average molecular weight is 567 g/mol. The van der Waals surface area contributed by atoms with Gasteiger partial charge in [-0.1, -0.05) is 25.0 Å². The lowest BCUT2D eigenvalue weighted by Gasteiger charge is -2.43. The number of aryl methyl sites for hydroxylation is 2. The van der Waals surface area contributed by atoms with Crippen LogP contribution < -0.4 is 0 Å². The number of likely N-dealkylation sites (tertiary alicyclic amines) is 1. The summed E-state index contributed by atoms with van der Waals surface area (Å²) in [5.74, 6) is -2.57. The number of fused-ring (bicyclic) bond motifs is 3. The highest BCUT2D eigenvalue weighted by molar-refractivity contribution is 6.43. The Hall–Kier alpha value is -2.95. The topological polar surface area (TPSA) is 145 Å². The molecular formula is C31H42BNO8. The van der Waals surface area contributed by atoms with Crippen LogP contribution in [0.25, 0.3) is 6.08 Å². The highest BCUT2D eigenvalue weighted by atomic mass is 16.5. The molecule has 1 aliphatic carbocycles. The van der Waals surface area contributed by atoms with Gasteiger partial charge in [0, 0.05) is 13.0 Å². The number of hydrogen-bond donors (Lipinski definition) is 4. The molecule has 2 aliphatic heterocycles. The lowest BCUT2D eigenvalue weighted by molar-refractivity contribution is -0.141. The van der Waals surface area contributed by atoms with Crippen LogP contribution in [0.2, 0.25) is 6.32 Å². The van der Waals surface area contributed by atoms with Gasteiger partial charge in [-0.3, -0.25) is 19.3 Å². The standard InChI is InChI=1S/C31H42BNO8/c1-4-20(14-21-12-18(2)29(37)19(3)13-21)9-10-25-27-22(17-34)15-23-28(24(27)16-32(40)41-25)31(39)33(30(23)38)11-7-5-6-8-26(35)36/h12-14,23-25,28,34,37,40H,4-11,15-17H2,1-3H3,(H,35,36)/b20-14+/t23-,24+,25-,28-/m1/s1. The van der Waals surface area contributed by atoms with Crippen molar-refractivity contribution in [3.63, 3.8) is 0 Å². The molecule has 10 heteroatoms. The summed E-state index contributed by atoms with van der Waals surface area (Å²) in [5.41, 5.74) is 5.39. The number of nitrogens with zero attached hydrogens (tertiary/aromatic N) is 1. The Kier molecular flexibility index (Phi) is 10.1. The molecule has 1 aromatic carbocycles. The SMILES string of the molecule is CC/C(=C\c1cc(C)c(O)c(C)c1)CC[C@H]1OB(O)C[C@H]2C1=C(CO)C[C@H]1C(=O)N(CCCCCC(=O)O)C(=O)[C@H]12. The number of allylic oxidation sites excluding steroid dienone is 1. The summed E-state index contributed by atoms with van der Waals surface area (Å²) in [6, 6.07) is 3.90. The van der Waals surface area contributed by atoms with Gasteiger partial charge in [0.25, 0.3) is 0 Å². The van der Waals surface area contributed by atoms with Crippen LogP contribution in [0.1, 0.15) is 75.0 Å². The van der Waals surface area contributed by atoms with Gasteiger partial charge in [-0.05, 0) is 105 Å². The maximum atomic E-state index is 13.6. The van der Waals surface area contributed by atoms with E-state index in [1.54, 1.807) is 0 Å². The zero-order valence-electron chi connectivity index (χ0n) is 24.3. The second-order valence-corrected chi connectivity index (χ2v) is 11.7. The van der Waals surface area contributed by atoms with Gasteiger partial charge in [0.2, 0.25) is 11.8 Å². The number of amides is 2. The number of carboxylic acids is 1. The maximum absolute atomic E-state index is 13.6. The molecule has 0 radical (unpaired) electrons. The Bertz CT molecular complexity index is 1220. The van der Waals surface area contributed by atoms with Gasteiger partial charge < -0.3 is 25.0 Å². The first-order valence-electron chi connectivity index (χ1n) is 14.8. The van der Waals surface area contributed by atoms with Crippen LogP contribution in [0.15, 0.2) is 28.9 Å². The fourth-order valence-corrected chi connectivity index (χ4v) is 6.89. The Morgan fingerprint density at radius 2 is 1.80 bits per heavy atom. The van der Waals surface area contributed by atoms with E-state index in [0.717, 1.165) is 34.3 Å². The Labute approximate surface area is 242 Å². The third-order valence-electron chi connectivity index (χ3n) is 8.93. The summed E-state index contributed by atoms with van der Waals surface area (Å²) in [5, 5.41) is 40.0. The summed E-state index contributed by atoms with van der Waals surface area (Å²) in [6.45, 7) is 5.84. The average Bonchev–Trinajstić information content (AvgIpc) is 3.17. The smallest absolute Gasteiger partial charge is 0.455 e. The molecule has 1 aromatic rings. The number of phenolic OH excluding ortho intramolecular Hbond substituents is 1. The fourth-order valence-electron chi connectivity index (χ4n) is 6.89. The molecule has 4 atom stereocenters. The number of carboxylic acid groups (broad SMARTS) is 1. The zero-order chi connectivity index (χ0) is 29.8. The predicted molar refractivity (Wildman–Crippen MR) is 155 cm³/mol. The zero-order valence-corrected chi connectivity index (χ0v) is 24.3. The number of imide groups is 1. The number of benzene rings is 1. The van der Waals surface area contributed by atoms with E-state index in [4.69, 9.17) is 9.76 Å². The van der Waals surface area contributed by atoms with Crippen molar-refractivity contribution >= 4 is 31.0 Å². The van der Waals surface area contributed by atoms with Gasteiger partial charge in [0.05, 0.1) is 24.5 Å². The molecule has 0 bridgehead atoms. The molecule has 2 amide bonds. The molecule has 2 fully saturated rings. The number of aliphatic hydroxyl groups is 1. The van der Waals surface area contributed by atoms with Gasteiger partial charge in [-0.25, -0.2) is 0 Å². The van der Waals surface area contributed by atoms with E-state index >= 15 is 0 Å². The molecule has 9 nitrogen and oxygen atoms in total. The first-order valence-corrected chi connectivity index (χ1v) is 14.8. The Morgan fingerprint density at radius 1 is 1.10 bits per heavy atom. The molecule has 3 aliphatic rings. The van der Waals surface area contributed by atoms with Gasteiger partial charge in [0.1, 0.15) is 5.75 Å². The number of hydrogen-bond acceptors (Lipinski definition) is 7. The van der Waals surface area contributed by atoms with Crippen molar-refractivity contribution in [1.82, 2.24) is 4.90 Å². The summed E-state index contributed by atoms with van der Waals surface area (Å²) >= 11 is 0. The van der Waals surface area contributed by atoms with Crippen LogP contribution in [-0.2, 0) is 19.0 Å². The molecule has 4 N–H and O–H groups in total. The molecular weight excluding hydrogens is 525 g/mol. The third-order valence-corrected chi connectivity index (χ3v) is 8.93. The highest BCUT2D eigenvalue weighted by Gasteiger charge is 2.57. The van der Waals surface area contributed by atoms with Gasteiger partial charge in [0.15, 0.2) is 0 Å². The number of aromatic hydroxyl groups is 1. The molecule has 4 rings (SSSR count). The second-order valence-electron chi connectivity index (χ2n) is 11.7. The molecule has 41 heavy (non-hydrogen) atoms. The first kappa shape index (κ1) is 31.0. The lowest BCUT2D eigenvalue weighted by Crippen LogP contribution is -2.46. The summed E-state index contributed by atoms with van der Waals surface area (Å²) < 4.78 is 6.00. The van der Waals surface area contributed by atoms with Crippen molar-refractivity contribution in [1.29, 1.82) is 0 Å². The van der Waals surface area contributed by atoms with Crippen LogP contribution in [-0.4, -0.2) is 69.4 Å². The summed E-state index contributed by atoms with van der Waals surface area (Å²) in [6.07, 6.45) is 5.90. The Balaban J connectivity index is 1.51. The van der Waals surface area contributed by atoms with Crippen LogP contribution in [0.5, 0.6) is 5.75 Å². The number of unbranched alkanes of at least 4 members (excludes halogenated alkanes) is 2. The predicted octanol–water partition coefficient (Wildman–Crippen LogP) is 4.02. The fraction of sp³-hybridized carbons (Fsp3) is 0.581. The second kappa shape index (κ2) is 13.4. The number of rotatable bonds is 12. The molecule has 0 unspecified atom stereocenters. The largest absolute Gasteiger partial charge is 0.507 e. The number of carbonyl (C=O) groups is 3. The van der Waals surface area contributed by atoms with Crippen molar-refractivity contribution < 1.29 is 39.4 Å². The monoisotopic (exact) mass is 567 g/mol. The van der Waals surface area contributed by atoms with E-state index in [2.05, 4.69) is 13.0 Å². The molecule has 2 saturated heterocycles. The van der Waals surface area contributed by atoms with Crippen molar-refractivity contribution in [2.75, 3.05) is 13.2 Å². The number of aliphatic carboxylic acids is 1. The maximum Gasteiger partial charge on any atom is 0.455 e. The van der Waals surface area contributed by atoms with Crippen molar-refractivity contribution in [3.8, 4) is 5.75 Å². The molecule has 222 valence electrons. The van der Waals surface area contributed by atoms with E-state index in [9.17, 15) is 29.6 Å². The van der Waals surface area contributed by atoms with Crippen LogP contribution in [0.3, 0.4) is 0 Å². The van der Waals surface area contributed by atoms with Crippen LogP contribution in [0, 0.1) is 31.6 Å². The number of aliphatic hydroxyl groups excluding tert-OH is 1. The Morgan fingerprint density at radius 3 is 2.44 bits per heavy atom. The van der Waals surface area contributed by atoms with E-state index < -0.39 is 31.0 Å². The summed E-state index contributed by atoms with van der Waals surface area (Å²) in [7, 11) is -1.07.